The van der Waals surface area contributed by atoms with Crippen molar-refractivity contribution in [1.82, 2.24) is 15.0 Å². The van der Waals surface area contributed by atoms with E-state index in [-0.39, 0.29) is 28.4 Å². The summed E-state index contributed by atoms with van der Waals surface area (Å²) in [7, 11) is -4.24. The van der Waals surface area contributed by atoms with Crippen LogP contribution in [0.2, 0.25) is 0 Å². The molecule has 3 N–H and O–H groups in total. The van der Waals surface area contributed by atoms with Crippen molar-refractivity contribution >= 4 is 32.5 Å². The maximum atomic E-state index is 14.3. The normalized spacial score (nSPS) is 20.3. The first-order valence-electron chi connectivity index (χ1n) is 9.23. The summed E-state index contributed by atoms with van der Waals surface area (Å²) in [5.41, 5.74) is 6.63. The van der Waals surface area contributed by atoms with Gasteiger partial charge in [0.05, 0.1) is 18.8 Å². The molecule has 1 aliphatic heterocycles. The number of H-pyrrole nitrogens is 1. The number of aromatic amines is 1. The van der Waals surface area contributed by atoms with Gasteiger partial charge in [0.25, 0.3) is 0 Å². The van der Waals surface area contributed by atoms with E-state index in [0.29, 0.717) is 30.3 Å². The highest BCUT2D eigenvalue weighted by atomic mass is 32.2. The number of nitrogens with one attached hydrogen (secondary N) is 1. The summed E-state index contributed by atoms with van der Waals surface area (Å²) in [5.74, 6) is 0.000837. The number of sulfone groups is 1. The smallest absolute Gasteiger partial charge is 0.215 e. The number of nitrogens with zero attached hydrogens (tertiary/aromatic N) is 3. The molecule has 3 aromatic rings. The zero-order valence-corrected chi connectivity index (χ0v) is 17.1. The average molecular weight is 419 g/mol. The number of hydrogen-bond donors (Lipinski definition) is 2. The molecule has 8 nitrogen and oxygen atoms in total. The lowest BCUT2D eigenvalue weighted by Gasteiger charge is -2.37. The molecule has 0 saturated carbocycles. The van der Waals surface area contributed by atoms with Gasteiger partial charge in [-0.05, 0) is 32.9 Å². The van der Waals surface area contributed by atoms with Crippen LogP contribution in [-0.2, 0) is 14.6 Å². The molecule has 0 radical (unpaired) electrons. The van der Waals surface area contributed by atoms with Crippen LogP contribution in [0.4, 0.5) is 16.0 Å². The lowest BCUT2D eigenvalue weighted by Crippen LogP contribution is -2.48. The van der Waals surface area contributed by atoms with Crippen molar-refractivity contribution < 1.29 is 17.5 Å². The molecule has 4 rings (SSSR count). The van der Waals surface area contributed by atoms with Crippen molar-refractivity contribution in [3.63, 3.8) is 0 Å². The lowest BCUT2D eigenvalue weighted by molar-refractivity contribution is 0.0341. The van der Waals surface area contributed by atoms with Crippen LogP contribution >= 0.6 is 0 Å². The number of nitrogen functional groups attached to an aromatic ring is 1. The van der Waals surface area contributed by atoms with Crippen molar-refractivity contribution in [2.75, 3.05) is 23.8 Å². The first-order valence-corrected chi connectivity index (χ1v) is 10.7. The van der Waals surface area contributed by atoms with Gasteiger partial charge in [0.2, 0.25) is 9.84 Å². The Hall–Kier alpha value is -2.72. The van der Waals surface area contributed by atoms with E-state index >= 15 is 0 Å². The van der Waals surface area contributed by atoms with E-state index in [0.717, 1.165) is 6.07 Å². The van der Waals surface area contributed by atoms with Crippen LogP contribution in [0.25, 0.3) is 11.0 Å². The van der Waals surface area contributed by atoms with E-state index in [9.17, 15) is 12.8 Å². The molecule has 10 heteroatoms. The molecule has 1 fully saturated rings. The first kappa shape index (κ1) is 19.6. The Morgan fingerprint density at radius 1 is 1.28 bits per heavy atom. The SMILES string of the molecule is Cc1nc(N2C[C@@H](C)OC[C@H]2C)c2[nH]c(N)c(S(=O)(=O)c3ccccc3F)c2n1. The first-order chi connectivity index (χ1) is 13.7. The quantitative estimate of drug-likeness (QED) is 0.670. The molecule has 0 unspecified atom stereocenters. The van der Waals surface area contributed by atoms with Gasteiger partial charge in [0.15, 0.2) is 5.82 Å². The number of nitrogens with two attached hydrogens (primary N) is 1. The number of aromatic nitrogens is 3. The predicted molar refractivity (Wildman–Crippen MR) is 107 cm³/mol. The molecule has 0 amide bonds. The van der Waals surface area contributed by atoms with Gasteiger partial charge in [-0.1, -0.05) is 12.1 Å². The van der Waals surface area contributed by atoms with Gasteiger partial charge >= 0.3 is 0 Å². The number of anilines is 2. The minimum absolute atomic E-state index is 0.00884. The fourth-order valence-electron chi connectivity index (χ4n) is 3.61. The molecule has 2 aromatic heterocycles. The summed E-state index contributed by atoms with van der Waals surface area (Å²) in [6.45, 7) is 6.74. The topological polar surface area (TPSA) is 114 Å². The Kier molecular flexibility index (Phi) is 4.70. The van der Waals surface area contributed by atoms with E-state index < -0.39 is 20.5 Å². The Labute approximate surface area is 167 Å². The van der Waals surface area contributed by atoms with Crippen molar-refractivity contribution in [2.45, 2.75) is 42.7 Å². The van der Waals surface area contributed by atoms with Gasteiger partial charge in [-0.3, -0.25) is 0 Å². The molecule has 1 saturated heterocycles. The summed E-state index contributed by atoms with van der Waals surface area (Å²) < 4.78 is 46.4. The van der Waals surface area contributed by atoms with Crippen LogP contribution in [0.15, 0.2) is 34.1 Å². The number of rotatable bonds is 3. The van der Waals surface area contributed by atoms with E-state index in [1.165, 1.54) is 18.2 Å². The van der Waals surface area contributed by atoms with Crippen LogP contribution < -0.4 is 10.6 Å². The van der Waals surface area contributed by atoms with Crippen molar-refractivity contribution in [2.24, 2.45) is 0 Å². The maximum absolute atomic E-state index is 14.3. The summed E-state index contributed by atoms with van der Waals surface area (Å²) >= 11 is 0. The molecule has 1 aliphatic rings. The summed E-state index contributed by atoms with van der Waals surface area (Å²) in [5, 5.41) is 0. The third-order valence-electron chi connectivity index (χ3n) is 5.00. The Balaban J connectivity index is 1.96. The minimum atomic E-state index is -4.24. The largest absolute Gasteiger partial charge is 0.384 e. The predicted octanol–water partition coefficient (Wildman–Crippen LogP) is 2.43. The number of morpholine rings is 1. The standard InChI is InChI=1S/C19H22FN5O3S/c1-10-9-28-11(2)8-25(10)19-16-15(22-12(3)23-19)17(18(21)24-16)29(26,27)14-7-5-4-6-13(14)20/h4-7,10-11,24H,8-9,21H2,1-3H3/t10-,11-/m1/s1. The van der Waals surface area contributed by atoms with Crippen molar-refractivity contribution in [1.29, 1.82) is 0 Å². The molecule has 0 bridgehead atoms. The number of hydrogen-bond acceptors (Lipinski definition) is 7. The highest BCUT2D eigenvalue weighted by Gasteiger charge is 2.33. The molecule has 2 atom stereocenters. The van der Waals surface area contributed by atoms with Crippen molar-refractivity contribution in [3.8, 4) is 0 Å². The van der Waals surface area contributed by atoms with E-state index in [1.807, 2.05) is 18.7 Å². The molecule has 3 heterocycles. The highest BCUT2D eigenvalue weighted by Crippen LogP contribution is 2.37. The van der Waals surface area contributed by atoms with E-state index in [1.54, 1.807) is 6.92 Å². The second kappa shape index (κ2) is 6.96. The van der Waals surface area contributed by atoms with Crippen molar-refractivity contribution in [3.05, 3.63) is 35.9 Å². The third kappa shape index (κ3) is 3.22. The van der Waals surface area contributed by atoms with Crippen LogP contribution in [0, 0.1) is 12.7 Å². The molecule has 1 aromatic carbocycles. The molecule has 0 spiro atoms. The fourth-order valence-corrected chi connectivity index (χ4v) is 5.15. The summed E-state index contributed by atoms with van der Waals surface area (Å²) in [4.78, 5) is 13.2. The molecule has 154 valence electrons. The van der Waals surface area contributed by atoms with Crippen LogP contribution in [0.5, 0.6) is 0 Å². The van der Waals surface area contributed by atoms with E-state index in [4.69, 9.17) is 10.5 Å². The Morgan fingerprint density at radius 3 is 2.72 bits per heavy atom. The van der Waals surface area contributed by atoms with Gasteiger partial charge < -0.3 is 20.4 Å². The number of halogens is 1. The van der Waals surface area contributed by atoms with Crippen LogP contribution in [-0.4, -0.2) is 48.7 Å². The summed E-state index contributed by atoms with van der Waals surface area (Å²) in [6.07, 6.45) is -0.00884. The maximum Gasteiger partial charge on any atom is 0.215 e. The lowest BCUT2D eigenvalue weighted by atomic mass is 10.2. The highest BCUT2D eigenvalue weighted by molar-refractivity contribution is 7.92. The second-order valence-electron chi connectivity index (χ2n) is 7.27. The third-order valence-corrected chi connectivity index (χ3v) is 6.86. The summed E-state index contributed by atoms with van der Waals surface area (Å²) in [6, 6.07) is 5.23. The minimum Gasteiger partial charge on any atom is -0.384 e. The van der Waals surface area contributed by atoms with Gasteiger partial charge in [-0.15, -0.1) is 0 Å². The van der Waals surface area contributed by atoms with Gasteiger partial charge in [-0.2, -0.15) is 0 Å². The van der Waals surface area contributed by atoms with Crippen LogP contribution in [0.1, 0.15) is 19.7 Å². The molecule has 29 heavy (non-hydrogen) atoms. The Bertz CT molecular complexity index is 1190. The molecular weight excluding hydrogens is 397 g/mol. The van der Waals surface area contributed by atoms with Gasteiger partial charge in [0, 0.05) is 6.54 Å². The second-order valence-corrected chi connectivity index (χ2v) is 9.12. The fraction of sp³-hybridized carbons (Fsp3) is 0.368. The Morgan fingerprint density at radius 2 is 2.00 bits per heavy atom. The number of benzene rings is 1. The average Bonchev–Trinajstić information content (AvgIpc) is 2.99. The zero-order valence-electron chi connectivity index (χ0n) is 16.3. The number of ether oxygens (including phenoxy) is 1. The molecule has 0 aliphatic carbocycles. The van der Waals surface area contributed by atoms with Gasteiger partial charge in [-0.25, -0.2) is 22.8 Å². The molecular formula is C19H22FN5O3S. The van der Waals surface area contributed by atoms with Crippen LogP contribution in [0.3, 0.4) is 0 Å². The zero-order chi connectivity index (χ0) is 20.9. The van der Waals surface area contributed by atoms with Gasteiger partial charge in [0.1, 0.15) is 38.3 Å². The number of fused-ring (bicyclic) bond motifs is 1. The monoisotopic (exact) mass is 419 g/mol. The number of aryl methyl sites for hydroxylation is 1. The van der Waals surface area contributed by atoms with E-state index in [2.05, 4.69) is 15.0 Å².